The number of benzene rings is 2. The van der Waals surface area contributed by atoms with Gasteiger partial charge in [0.05, 0.1) is 5.69 Å². The Bertz CT molecular complexity index is 1200. The van der Waals surface area contributed by atoms with Crippen LogP contribution in [0, 0.1) is 12.7 Å². The molecule has 0 saturated carbocycles. The Balaban J connectivity index is 1.38. The molecule has 0 atom stereocenters. The molecular formula is C28H32FN5O2. The van der Waals surface area contributed by atoms with Crippen molar-refractivity contribution in [2.75, 3.05) is 37.6 Å². The standard InChI is InChI=1S/C28H32FN5O2/c1-20(2)34(28(36)24-8-5-4-7-21(24)3)19-27(35)33-16-6-15-32(17-18-33)26-14-13-25(30-31-26)22-9-11-23(29)12-10-22/h4-5,7-14,20H,6,15-19H2,1-3H3. The van der Waals surface area contributed by atoms with E-state index in [-0.39, 0.29) is 30.2 Å². The highest BCUT2D eigenvalue weighted by molar-refractivity contribution is 5.97. The van der Waals surface area contributed by atoms with Crippen molar-refractivity contribution in [3.05, 3.63) is 77.6 Å². The third kappa shape index (κ3) is 5.87. The molecule has 3 aromatic rings. The second-order valence-electron chi connectivity index (χ2n) is 9.35. The van der Waals surface area contributed by atoms with Crippen LogP contribution in [-0.2, 0) is 4.79 Å². The van der Waals surface area contributed by atoms with Crippen LogP contribution in [0.25, 0.3) is 11.3 Å². The van der Waals surface area contributed by atoms with Crippen molar-refractivity contribution in [3.8, 4) is 11.3 Å². The lowest BCUT2D eigenvalue weighted by Gasteiger charge is -2.30. The number of aryl methyl sites for hydroxylation is 1. The van der Waals surface area contributed by atoms with E-state index >= 15 is 0 Å². The number of hydrogen-bond donors (Lipinski definition) is 0. The maximum Gasteiger partial charge on any atom is 0.254 e. The molecule has 0 radical (unpaired) electrons. The zero-order valence-corrected chi connectivity index (χ0v) is 21.0. The smallest absolute Gasteiger partial charge is 0.254 e. The molecule has 0 bridgehead atoms. The molecule has 1 fully saturated rings. The zero-order valence-electron chi connectivity index (χ0n) is 21.0. The predicted molar refractivity (Wildman–Crippen MR) is 138 cm³/mol. The summed E-state index contributed by atoms with van der Waals surface area (Å²) in [4.78, 5) is 32.0. The lowest BCUT2D eigenvalue weighted by atomic mass is 10.1. The van der Waals surface area contributed by atoms with Gasteiger partial charge >= 0.3 is 0 Å². The minimum absolute atomic E-state index is 0.0507. The Hall–Kier alpha value is -3.81. The van der Waals surface area contributed by atoms with Crippen molar-refractivity contribution in [2.24, 2.45) is 0 Å². The largest absolute Gasteiger partial charge is 0.353 e. The second kappa shape index (κ2) is 11.3. The fourth-order valence-electron chi connectivity index (χ4n) is 4.37. The van der Waals surface area contributed by atoms with Crippen LogP contribution in [0.3, 0.4) is 0 Å². The Morgan fingerprint density at radius 1 is 0.944 bits per heavy atom. The molecule has 0 aliphatic carbocycles. The average Bonchev–Trinajstić information content (AvgIpc) is 3.14. The Morgan fingerprint density at radius 3 is 2.36 bits per heavy atom. The van der Waals surface area contributed by atoms with Crippen LogP contribution >= 0.6 is 0 Å². The van der Waals surface area contributed by atoms with Gasteiger partial charge in [-0.05, 0) is 75.2 Å². The lowest BCUT2D eigenvalue weighted by molar-refractivity contribution is -0.132. The first-order valence-electron chi connectivity index (χ1n) is 12.3. The Labute approximate surface area is 211 Å². The normalized spacial score (nSPS) is 14.0. The summed E-state index contributed by atoms with van der Waals surface area (Å²) in [5.74, 6) is 0.284. The van der Waals surface area contributed by atoms with Gasteiger partial charge in [0.1, 0.15) is 12.4 Å². The molecule has 2 heterocycles. The van der Waals surface area contributed by atoms with Crippen LogP contribution in [0.2, 0.25) is 0 Å². The van der Waals surface area contributed by atoms with Crippen LogP contribution in [0.1, 0.15) is 36.2 Å². The van der Waals surface area contributed by atoms with E-state index in [1.165, 1.54) is 12.1 Å². The molecular weight excluding hydrogens is 457 g/mol. The van der Waals surface area contributed by atoms with Gasteiger partial charge in [0.25, 0.3) is 5.91 Å². The molecule has 8 heteroatoms. The number of anilines is 1. The van der Waals surface area contributed by atoms with Gasteiger partial charge < -0.3 is 14.7 Å². The first-order chi connectivity index (χ1) is 17.3. The van der Waals surface area contributed by atoms with E-state index in [2.05, 4.69) is 15.1 Å². The lowest BCUT2D eigenvalue weighted by Crippen LogP contribution is -2.47. The van der Waals surface area contributed by atoms with Crippen molar-refractivity contribution < 1.29 is 14.0 Å². The molecule has 1 saturated heterocycles. The molecule has 2 aromatic carbocycles. The molecule has 2 amide bonds. The number of rotatable bonds is 6. The van der Waals surface area contributed by atoms with E-state index in [0.29, 0.717) is 30.9 Å². The van der Waals surface area contributed by atoms with Gasteiger partial charge in [0.15, 0.2) is 5.82 Å². The highest BCUT2D eigenvalue weighted by atomic mass is 19.1. The summed E-state index contributed by atoms with van der Waals surface area (Å²) < 4.78 is 13.2. The number of carbonyl (C=O) groups excluding carboxylic acids is 2. The Morgan fingerprint density at radius 2 is 1.69 bits per heavy atom. The van der Waals surface area contributed by atoms with Crippen LogP contribution in [-0.4, -0.2) is 70.6 Å². The molecule has 36 heavy (non-hydrogen) atoms. The fourth-order valence-corrected chi connectivity index (χ4v) is 4.37. The van der Waals surface area contributed by atoms with Crippen LogP contribution in [0.5, 0.6) is 0 Å². The maximum atomic E-state index is 13.2. The molecule has 0 spiro atoms. The number of hydrogen-bond acceptors (Lipinski definition) is 5. The third-order valence-corrected chi connectivity index (χ3v) is 6.53. The van der Waals surface area contributed by atoms with Crippen molar-refractivity contribution in [2.45, 2.75) is 33.2 Å². The van der Waals surface area contributed by atoms with Gasteiger partial charge in [-0.25, -0.2) is 4.39 Å². The monoisotopic (exact) mass is 489 g/mol. The second-order valence-corrected chi connectivity index (χ2v) is 9.35. The number of nitrogens with zero attached hydrogens (tertiary/aromatic N) is 5. The van der Waals surface area contributed by atoms with E-state index in [0.717, 1.165) is 29.9 Å². The van der Waals surface area contributed by atoms with E-state index in [9.17, 15) is 14.0 Å². The maximum absolute atomic E-state index is 13.2. The molecule has 1 aliphatic rings. The summed E-state index contributed by atoms with van der Waals surface area (Å²) in [5.41, 5.74) is 3.01. The Kier molecular flexibility index (Phi) is 7.93. The van der Waals surface area contributed by atoms with E-state index in [1.54, 1.807) is 17.0 Å². The van der Waals surface area contributed by atoms with Crippen molar-refractivity contribution in [3.63, 3.8) is 0 Å². The van der Waals surface area contributed by atoms with Crippen LogP contribution < -0.4 is 4.90 Å². The van der Waals surface area contributed by atoms with Gasteiger partial charge in [-0.3, -0.25) is 9.59 Å². The first-order valence-corrected chi connectivity index (χ1v) is 12.3. The van der Waals surface area contributed by atoms with Gasteiger partial charge in [-0.1, -0.05) is 18.2 Å². The SMILES string of the molecule is Cc1ccccc1C(=O)N(CC(=O)N1CCCN(c2ccc(-c3ccc(F)cc3)nn2)CC1)C(C)C. The van der Waals surface area contributed by atoms with Gasteiger partial charge in [-0.2, -0.15) is 0 Å². The average molecular weight is 490 g/mol. The molecule has 7 nitrogen and oxygen atoms in total. The van der Waals surface area contributed by atoms with Gasteiger partial charge in [-0.15, -0.1) is 10.2 Å². The summed E-state index contributed by atoms with van der Waals surface area (Å²) in [5, 5.41) is 8.69. The highest BCUT2D eigenvalue weighted by Gasteiger charge is 2.26. The minimum Gasteiger partial charge on any atom is -0.353 e. The zero-order chi connectivity index (χ0) is 25.7. The number of aromatic nitrogens is 2. The van der Waals surface area contributed by atoms with Crippen molar-refractivity contribution >= 4 is 17.6 Å². The third-order valence-electron chi connectivity index (χ3n) is 6.53. The number of halogens is 1. The molecule has 188 valence electrons. The molecule has 0 unspecified atom stereocenters. The first kappa shape index (κ1) is 25.3. The summed E-state index contributed by atoms with van der Waals surface area (Å²) in [7, 11) is 0. The van der Waals surface area contributed by atoms with Crippen LogP contribution in [0.4, 0.5) is 10.2 Å². The molecule has 1 aliphatic heterocycles. The summed E-state index contributed by atoms with van der Waals surface area (Å²) in [6.07, 6.45) is 0.792. The number of carbonyl (C=O) groups is 2. The minimum atomic E-state index is -0.289. The highest BCUT2D eigenvalue weighted by Crippen LogP contribution is 2.20. The van der Waals surface area contributed by atoms with Crippen LogP contribution in [0.15, 0.2) is 60.7 Å². The van der Waals surface area contributed by atoms with Gasteiger partial charge in [0.2, 0.25) is 5.91 Å². The molecule has 4 rings (SSSR count). The topological polar surface area (TPSA) is 69.6 Å². The van der Waals surface area contributed by atoms with E-state index in [4.69, 9.17) is 0 Å². The summed E-state index contributed by atoms with van der Waals surface area (Å²) in [6.45, 7) is 8.38. The van der Waals surface area contributed by atoms with E-state index in [1.807, 2.05) is 62.1 Å². The predicted octanol–water partition coefficient (Wildman–Crippen LogP) is 4.18. The van der Waals surface area contributed by atoms with Gasteiger partial charge in [0, 0.05) is 43.3 Å². The van der Waals surface area contributed by atoms with Crippen molar-refractivity contribution in [1.29, 1.82) is 0 Å². The van der Waals surface area contributed by atoms with E-state index < -0.39 is 0 Å². The number of amides is 2. The fraction of sp³-hybridized carbons (Fsp3) is 0.357. The van der Waals surface area contributed by atoms with Crippen molar-refractivity contribution in [1.82, 2.24) is 20.0 Å². The molecule has 0 N–H and O–H groups in total. The molecule has 1 aromatic heterocycles. The quantitative estimate of drug-likeness (QED) is 0.520. The summed E-state index contributed by atoms with van der Waals surface area (Å²) >= 11 is 0. The summed E-state index contributed by atoms with van der Waals surface area (Å²) in [6, 6.07) is 17.3.